The van der Waals surface area contributed by atoms with Crippen LogP contribution in [0.3, 0.4) is 0 Å². The quantitative estimate of drug-likeness (QED) is 0.489. The van der Waals surface area contributed by atoms with Crippen molar-refractivity contribution in [3.05, 3.63) is 0 Å². The highest BCUT2D eigenvalue weighted by Crippen LogP contribution is 1.86. The van der Waals surface area contributed by atoms with Crippen LogP contribution >= 0.6 is 0 Å². The molecular formula is C12H27NO3. The standard InChI is InChI=1S/C12H27NO3/c1-3-4-8-15-10-7-13-6-5-9-16-12-11-14-2/h13H,3-12H2,1-2H3. The van der Waals surface area contributed by atoms with Crippen molar-refractivity contribution >= 4 is 0 Å². The van der Waals surface area contributed by atoms with Crippen molar-refractivity contribution in [2.24, 2.45) is 0 Å². The van der Waals surface area contributed by atoms with Gasteiger partial charge in [-0.25, -0.2) is 0 Å². The summed E-state index contributed by atoms with van der Waals surface area (Å²) in [5.41, 5.74) is 0. The van der Waals surface area contributed by atoms with E-state index in [0.717, 1.165) is 45.8 Å². The van der Waals surface area contributed by atoms with Crippen LogP contribution in [-0.2, 0) is 14.2 Å². The largest absolute Gasteiger partial charge is 0.382 e. The van der Waals surface area contributed by atoms with E-state index in [4.69, 9.17) is 14.2 Å². The van der Waals surface area contributed by atoms with Gasteiger partial charge in [0.1, 0.15) is 0 Å². The fourth-order valence-electron chi connectivity index (χ4n) is 1.16. The molecule has 0 fully saturated rings. The minimum Gasteiger partial charge on any atom is -0.382 e. The van der Waals surface area contributed by atoms with Gasteiger partial charge in [-0.2, -0.15) is 0 Å². The number of nitrogens with one attached hydrogen (secondary N) is 1. The van der Waals surface area contributed by atoms with Crippen LogP contribution in [0, 0.1) is 0 Å². The van der Waals surface area contributed by atoms with E-state index in [-0.39, 0.29) is 0 Å². The van der Waals surface area contributed by atoms with Gasteiger partial charge < -0.3 is 19.5 Å². The van der Waals surface area contributed by atoms with E-state index in [1.165, 1.54) is 6.42 Å². The Hall–Kier alpha value is -0.160. The van der Waals surface area contributed by atoms with E-state index in [1.807, 2.05) is 0 Å². The molecule has 0 unspecified atom stereocenters. The Labute approximate surface area is 99.6 Å². The topological polar surface area (TPSA) is 39.7 Å². The zero-order valence-electron chi connectivity index (χ0n) is 10.8. The summed E-state index contributed by atoms with van der Waals surface area (Å²) < 4.78 is 15.6. The Balaban J connectivity index is 2.83. The first-order valence-corrected chi connectivity index (χ1v) is 6.27. The number of rotatable bonds is 13. The zero-order chi connectivity index (χ0) is 11.9. The highest BCUT2D eigenvalue weighted by Gasteiger charge is 1.90. The molecule has 0 bridgehead atoms. The maximum Gasteiger partial charge on any atom is 0.0700 e. The Kier molecular flexibility index (Phi) is 14.7. The molecule has 0 aliphatic carbocycles. The first-order chi connectivity index (χ1) is 7.91. The monoisotopic (exact) mass is 233 g/mol. The molecule has 0 aromatic rings. The van der Waals surface area contributed by atoms with Crippen molar-refractivity contribution in [2.75, 3.05) is 53.2 Å². The fourth-order valence-corrected chi connectivity index (χ4v) is 1.16. The van der Waals surface area contributed by atoms with Gasteiger partial charge in [-0.15, -0.1) is 0 Å². The molecule has 0 spiro atoms. The van der Waals surface area contributed by atoms with Crippen molar-refractivity contribution in [1.29, 1.82) is 0 Å². The summed E-state index contributed by atoms with van der Waals surface area (Å²) in [4.78, 5) is 0. The fraction of sp³-hybridized carbons (Fsp3) is 1.00. The molecule has 0 aromatic heterocycles. The van der Waals surface area contributed by atoms with Gasteiger partial charge in [0.25, 0.3) is 0 Å². The lowest BCUT2D eigenvalue weighted by Gasteiger charge is -2.06. The molecule has 0 aromatic carbocycles. The minimum atomic E-state index is 0.679. The third kappa shape index (κ3) is 13.8. The zero-order valence-corrected chi connectivity index (χ0v) is 10.8. The molecule has 0 amide bonds. The van der Waals surface area contributed by atoms with Crippen LogP contribution in [0.5, 0.6) is 0 Å². The highest BCUT2D eigenvalue weighted by atomic mass is 16.5. The van der Waals surface area contributed by atoms with Gasteiger partial charge in [-0.05, 0) is 19.4 Å². The first-order valence-electron chi connectivity index (χ1n) is 6.27. The Morgan fingerprint density at radius 1 is 0.812 bits per heavy atom. The Morgan fingerprint density at radius 3 is 2.31 bits per heavy atom. The highest BCUT2D eigenvalue weighted by molar-refractivity contribution is 4.46. The molecule has 16 heavy (non-hydrogen) atoms. The Bertz CT molecular complexity index is 109. The number of hydrogen-bond acceptors (Lipinski definition) is 4. The van der Waals surface area contributed by atoms with Crippen LogP contribution in [0.2, 0.25) is 0 Å². The van der Waals surface area contributed by atoms with Crippen LogP contribution in [0.15, 0.2) is 0 Å². The molecule has 4 nitrogen and oxygen atoms in total. The van der Waals surface area contributed by atoms with Crippen molar-refractivity contribution in [2.45, 2.75) is 26.2 Å². The van der Waals surface area contributed by atoms with E-state index < -0.39 is 0 Å². The van der Waals surface area contributed by atoms with E-state index in [9.17, 15) is 0 Å². The summed E-state index contributed by atoms with van der Waals surface area (Å²) >= 11 is 0. The molecule has 0 aliphatic heterocycles. The van der Waals surface area contributed by atoms with Gasteiger partial charge in [0.05, 0.1) is 19.8 Å². The molecule has 0 radical (unpaired) electrons. The number of methoxy groups -OCH3 is 1. The minimum absolute atomic E-state index is 0.679. The lowest BCUT2D eigenvalue weighted by atomic mass is 10.4. The molecule has 0 heterocycles. The van der Waals surface area contributed by atoms with E-state index in [0.29, 0.717) is 13.2 Å². The number of ether oxygens (including phenoxy) is 3. The lowest BCUT2D eigenvalue weighted by Crippen LogP contribution is -2.22. The average Bonchev–Trinajstić information content (AvgIpc) is 2.31. The number of hydrogen-bond donors (Lipinski definition) is 1. The average molecular weight is 233 g/mol. The van der Waals surface area contributed by atoms with Gasteiger partial charge in [0, 0.05) is 26.9 Å². The first kappa shape index (κ1) is 15.8. The third-order valence-corrected chi connectivity index (χ3v) is 2.14. The summed E-state index contributed by atoms with van der Waals surface area (Å²) in [7, 11) is 1.68. The van der Waals surface area contributed by atoms with Gasteiger partial charge in [-0.3, -0.25) is 0 Å². The van der Waals surface area contributed by atoms with Gasteiger partial charge in [0.15, 0.2) is 0 Å². The smallest absolute Gasteiger partial charge is 0.0700 e. The molecule has 0 saturated carbocycles. The van der Waals surface area contributed by atoms with E-state index in [2.05, 4.69) is 12.2 Å². The van der Waals surface area contributed by atoms with Gasteiger partial charge in [-0.1, -0.05) is 13.3 Å². The second-order valence-corrected chi connectivity index (χ2v) is 3.67. The molecule has 1 N–H and O–H groups in total. The van der Waals surface area contributed by atoms with Gasteiger partial charge in [0.2, 0.25) is 0 Å². The molecule has 0 saturated heterocycles. The van der Waals surface area contributed by atoms with Crippen LogP contribution < -0.4 is 5.32 Å². The normalized spacial score (nSPS) is 10.9. The van der Waals surface area contributed by atoms with Crippen LogP contribution in [0.1, 0.15) is 26.2 Å². The van der Waals surface area contributed by atoms with Crippen molar-refractivity contribution in [1.82, 2.24) is 5.32 Å². The maximum atomic E-state index is 5.42. The molecule has 0 rings (SSSR count). The molecule has 0 aliphatic rings. The van der Waals surface area contributed by atoms with Crippen LogP contribution in [0.25, 0.3) is 0 Å². The molecular weight excluding hydrogens is 206 g/mol. The summed E-state index contributed by atoms with van der Waals surface area (Å²) in [6.45, 7) is 7.96. The second-order valence-electron chi connectivity index (χ2n) is 3.67. The maximum absolute atomic E-state index is 5.42. The van der Waals surface area contributed by atoms with Crippen molar-refractivity contribution < 1.29 is 14.2 Å². The second kappa shape index (κ2) is 14.8. The predicted octanol–water partition coefficient (Wildman–Crippen LogP) is 1.45. The predicted molar refractivity (Wildman–Crippen MR) is 65.9 cm³/mol. The van der Waals surface area contributed by atoms with E-state index >= 15 is 0 Å². The van der Waals surface area contributed by atoms with Crippen LogP contribution in [0.4, 0.5) is 0 Å². The molecule has 0 atom stereocenters. The summed E-state index contributed by atoms with van der Waals surface area (Å²) in [5.74, 6) is 0. The molecule has 4 heteroatoms. The number of unbranched alkanes of at least 4 members (excludes halogenated alkanes) is 1. The van der Waals surface area contributed by atoms with Crippen molar-refractivity contribution in [3.8, 4) is 0 Å². The molecule has 98 valence electrons. The van der Waals surface area contributed by atoms with Gasteiger partial charge >= 0.3 is 0 Å². The summed E-state index contributed by atoms with van der Waals surface area (Å²) in [6, 6.07) is 0. The summed E-state index contributed by atoms with van der Waals surface area (Å²) in [5, 5.41) is 3.32. The van der Waals surface area contributed by atoms with E-state index in [1.54, 1.807) is 7.11 Å². The Morgan fingerprint density at radius 2 is 1.56 bits per heavy atom. The summed E-state index contributed by atoms with van der Waals surface area (Å²) in [6.07, 6.45) is 3.40. The van der Waals surface area contributed by atoms with Crippen molar-refractivity contribution in [3.63, 3.8) is 0 Å². The van der Waals surface area contributed by atoms with Crippen LogP contribution in [-0.4, -0.2) is 53.2 Å². The third-order valence-electron chi connectivity index (χ3n) is 2.14. The lowest BCUT2D eigenvalue weighted by molar-refractivity contribution is 0.0691. The SMILES string of the molecule is CCCCOCCNCCCOCCOC.